The first-order valence-corrected chi connectivity index (χ1v) is 9.10. The second-order valence-corrected chi connectivity index (χ2v) is 6.27. The minimum atomic E-state index is -0.810. The van der Waals surface area contributed by atoms with Crippen molar-refractivity contribution in [2.24, 2.45) is 0 Å². The molecule has 0 aliphatic carbocycles. The van der Waals surface area contributed by atoms with Crippen LogP contribution in [-0.2, 0) is 6.54 Å². The Morgan fingerprint density at radius 3 is 2.50 bits per heavy atom. The van der Waals surface area contributed by atoms with Gasteiger partial charge >= 0.3 is 5.69 Å². The number of aromatic amines is 1. The maximum atomic E-state index is 13.9. The third kappa shape index (κ3) is 4.93. The minimum absolute atomic E-state index is 0.136. The highest BCUT2D eigenvalue weighted by Crippen LogP contribution is 2.16. The lowest BCUT2D eigenvalue weighted by Gasteiger charge is -2.10. The summed E-state index contributed by atoms with van der Waals surface area (Å²) in [5.74, 6) is 0.0768. The zero-order valence-corrected chi connectivity index (χ0v) is 16.2. The lowest BCUT2D eigenvalue weighted by Crippen LogP contribution is -2.41. The molecule has 0 aliphatic heterocycles. The van der Waals surface area contributed by atoms with Gasteiger partial charge in [0.1, 0.15) is 29.5 Å². The molecule has 0 bridgehead atoms. The molecule has 8 nitrogen and oxygen atoms in total. The fourth-order valence-corrected chi connectivity index (χ4v) is 2.72. The van der Waals surface area contributed by atoms with Crippen LogP contribution in [0.1, 0.15) is 15.9 Å². The van der Waals surface area contributed by atoms with Crippen LogP contribution < -0.4 is 26.0 Å². The third-order valence-electron chi connectivity index (χ3n) is 4.31. The number of nitrogens with one attached hydrogen (secondary N) is 2. The molecule has 3 aromatic rings. The van der Waals surface area contributed by atoms with E-state index in [0.717, 1.165) is 10.8 Å². The molecule has 0 atom stereocenters. The second-order valence-electron chi connectivity index (χ2n) is 6.27. The van der Waals surface area contributed by atoms with E-state index in [1.54, 1.807) is 37.4 Å². The fraction of sp³-hybridized carbons (Fsp3) is 0.190. The molecule has 0 spiro atoms. The van der Waals surface area contributed by atoms with Crippen LogP contribution in [0.3, 0.4) is 0 Å². The van der Waals surface area contributed by atoms with E-state index in [0.29, 0.717) is 11.5 Å². The lowest BCUT2D eigenvalue weighted by molar-refractivity contribution is 0.0944. The van der Waals surface area contributed by atoms with Gasteiger partial charge < -0.3 is 19.8 Å². The second kappa shape index (κ2) is 9.55. The molecule has 1 aromatic heterocycles. The largest absolute Gasteiger partial charge is 0.497 e. The van der Waals surface area contributed by atoms with Gasteiger partial charge in [-0.2, -0.15) is 0 Å². The van der Waals surface area contributed by atoms with Gasteiger partial charge in [-0.25, -0.2) is 9.18 Å². The van der Waals surface area contributed by atoms with Gasteiger partial charge in [0.05, 0.1) is 20.2 Å². The monoisotopic (exact) mass is 413 g/mol. The summed E-state index contributed by atoms with van der Waals surface area (Å²) in [5, 5.41) is 2.56. The standard InChI is InChI=1S/C21H20FN3O5/c1-29-15-6-8-16(9-7-15)30-11-10-23-19(26)17-12-24-21(28)25(20(17)27)13-14-4-2-3-5-18(14)22/h2-9,12H,10-11,13H2,1H3,(H,23,26)(H,24,28). The first kappa shape index (κ1) is 20.8. The van der Waals surface area contributed by atoms with Gasteiger partial charge in [-0.1, -0.05) is 18.2 Å². The topological polar surface area (TPSA) is 102 Å². The smallest absolute Gasteiger partial charge is 0.328 e. The first-order valence-electron chi connectivity index (χ1n) is 9.10. The first-order chi connectivity index (χ1) is 14.5. The number of aromatic nitrogens is 2. The summed E-state index contributed by atoms with van der Waals surface area (Å²) >= 11 is 0. The van der Waals surface area contributed by atoms with Gasteiger partial charge in [-0.05, 0) is 30.3 Å². The van der Waals surface area contributed by atoms with Crippen LogP contribution in [0.4, 0.5) is 4.39 Å². The molecule has 0 radical (unpaired) electrons. The van der Waals surface area contributed by atoms with Crippen LogP contribution >= 0.6 is 0 Å². The van der Waals surface area contributed by atoms with E-state index < -0.39 is 23.0 Å². The number of hydrogen-bond acceptors (Lipinski definition) is 5. The summed E-state index contributed by atoms with van der Waals surface area (Å²) < 4.78 is 25.2. The van der Waals surface area contributed by atoms with Crippen LogP contribution in [-0.4, -0.2) is 35.7 Å². The summed E-state index contributed by atoms with van der Waals surface area (Å²) in [6.07, 6.45) is 1.04. The SMILES string of the molecule is COc1ccc(OCCNC(=O)c2c[nH]c(=O)n(Cc3ccccc3F)c2=O)cc1. The van der Waals surface area contributed by atoms with E-state index in [-0.39, 0.29) is 30.8 Å². The van der Waals surface area contributed by atoms with E-state index in [1.807, 2.05) is 0 Å². The number of H-pyrrole nitrogens is 1. The number of halogens is 1. The number of rotatable bonds is 8. The van der Waals surface area contributed by atoms with Gasteiger partial charge in [0.2, 0.25) is 0 Å². The number of nitrogens with zero attached hydrogens (tertiary/aromatic N) is 1. The quantitative estimate of drug-likeness (QED) is 0.546. The van der Waals surface area contributed by atoms with Crippen molar-refractivity contribution in [3.8, 4) is 11.5 Å². The highest BCUT2D eigenvalue weighted by Gasteiger charge is 2.15. The van der Waals surface area contributed by atoms with E-state index in [1.165, 1.54) is 18.2 Å². The Bertz CT molecular complexity index is 1140. The third-order valence-corrected chi connectivity index (χ3v) is 4.31. The molecule has 2 N–H and O–H groups in total. The van der Waals surface area contributed by atoms with Crippen LogP contribution in [0.25, 0.3) is 0 Å². The van der Waals surface area contributed by atoms with E-state index in [2.05, 4.69) is 10.3 Å². The number of benzene rings is 2. The van der Waals surface area contributed by atoms with Gasteiger partial charge in [0.15, 0.2) is 0 Å². The molecule has 0 aliphatic rings. The van der Waals surface area contributed by atoms with Crippen molar-refractivity contribution in [3.05, 3.63) is 92.5 Å². The average Bonchev–Trinajstić information content (AvgIpc) is 2.75. The number of ether oxygens (including phenoxy) is 2. The lowest BCUT2D eigenvalue weighted by atomic mass is 10.2. The molecule has 0 fully saturated rings. The molecular weight excluding hydrogens is 393 g/mol. The molecule has 2 aromatic carbocycles. The molecule has 9 heteroatoms. The van der Waals surface area contributed by atoms with Gasteiger partial charge in [-0.3, -0.25) is 14.2 Å². The number of hydrogen-bond donors (Lipinski definition) is 2. The maximum absolute atomic E-state index is 13.9. The van der Waals surface area contributed by atoms with E-state index >= 15 is 0 Å². The highest BCUT2D eigenvalue weighted by atomic mass is 19.1. The van der Waals surface area contributed by atoms with Crippen molar-refractivity contribution in [3.63, 3.8) is 0 Å². The number of carbonyl (C=O) groups excluding carboxylic acids is 1. The van der Waals surface area contributed by atoms with Crippen molar-refractivity contribution < 1.29 is 18.7 Å². The normalized spacial score (nSPS) is 10.5. The summed E-state index contributed by atoms with van der Waals surface area (Å²) in [4.78, 5) is 39.3. The molecule has 30 heavy (non-hydrogen) atoms. The van der Waals surface area contributed by atoms with E-state index in [9.17, 15) is 18.8 Å². The fourth-order valence-electron chi connectivity index (χ4n) is 2.72. The van der Waals surface area contributed by atoms with Crippen LogP contribution in [0.2, 0.25) is 0 Å². The van der Waals surface area contributed by atoms with Crippen LogP contribution in [0.15, 0.2) is 64.3 Å². The molecule has 0 saturated heterocycles. The van der Waals surface area contributed by atoms with Gasteiger partial charge in [0.25, 0.3) is 11.5 Å². The zero-order valence-electron chi connectivity index (χ0n) is 16.2. The molecule has 0 unspecified atom stereocenters. The van der Waals surface area contributed by atoms with Crippen molar-refractivity contribution in [1.82, 2.24) is 14.9 Å². The zero-order chi connectivity index (χ0) is 21.5. The number of amides is 1. The Morgan fingerprint density at radius 2 is 1.80 bits per heavy atom. The number of methoxy groups -OCH3 is 1. The van der Waals surface area contributed by atoms with Crippen molar-refractivity contribution in [2.45, 2.75) is 6.54 Å². The Labute approximate surface area is 170 Å². The highest BCUT2D eigenvalue weighted by molar-refractivity contribution is 5.93. The summed E-state index contributed by atoms with van der Waals surface area (Å²) in [6.45, 7) is 0.0180. The van der Waals surface area contributed by atoms with Gasteiger partial charge in [-0.15, -0.1) is 0 Å². The summed E-state index contributed by atoms with van der Waals surface area (Å²) in [6, 6.07) is 12.7. The van der Waals surface area contributed by atoms with Crippen LogP contribution in [0.5, 0.6) is 11.5 Å². The Kier molecular flexibility index (Phi) is 6.63. The summed E-state index contributed by atoms with van der Waals surface area (Å²) in [5.41, 5.74) is -1.64. The van der Waals surface area contributed by atoms with Crippen molar-refractivity contribution >= 4 is 5.91 Å². The molecular formula is C21H20FN3O5. The molecule has 3 rings (SSSR count). The van der Waals surface area contributed by atoms with Crippen molar-refractivity contribution in [1.29, 1.82) is 0 Å². The minimum Gasteiger partial charge on any atom is -0.497 e. The van der Waals surface area contributed by atoms with Crippen LogP contribution in [0, 0.1) is 5.82 Å². The predicted octanol–water partition coefficient (Wildman–Crippen LogP) is 1.54. The average molecular weight is 413 g/mol. The Hall–Kier alpha value is -3.88. The molecule has 1 heterocycles. The predicted molar refractivity (Wildman–Crippen MR) is 108 cm³/mol. The number of carbonyl (C=O) groups is 1. The molecule has 1 amide bonds. The van der Waals surface area contributed by atoms with Gasteiger partial charge in [0, 0.05) is 11.8 Å². The summed E-state index contributed by atoms with van der Waals surface area (Å²) in [7, 11) is 1.56. The van der Waals surface area contributed by atoms with Crippen molar-refractivity contribution in [2.75, 3.05) is 20.3 Å². The van der Waals surface area contributed by atoms with E-state index in [4.69, 9.17) is 9.47 Å². The Morgan fingerprint density at radius 1 is 1.10 bits per heavy atom. The maximum Gasteiger partial charge on any atom is 0.328 e. The molecule has 156 valence electrons. The molecule has 0 saturated carbocycles. The Balaban J connectivity index is 1.63.